The first-order valence-electron chi connectivity index (χ1n) is 4.12. The molecule has 80 valence electrons. The van der Waals surface area contributed by atoms with Gasteiger partial charge in [-0.3, -0.25) is 0 Å². The Kier molecular flexibility index (Phi) is 2.49. The number of thiophene rings is 1. The smallest absolute Gasteiger partial charge is 0.213 e. The van der Waals surface area contributed by atoms with Gasteiger partial charge in [-0.1, -0.05) is 0 Å². The first kappa shape index (κ1) is 10.5. The summed E-state index contributed by atoms with van der Waals surface area (Å²) in [5.74, 6) is -0.632. The molecule has 0 aliphatic heterocycles. The van der Waals surface area contributed by atoms with Crippen molar-refractivity contribution in [3.05, 3.63) is 35.0 Å². The Morgan fingerprint density at radius 1 is 1.40 bits per heavy atom. The molecule has 2 rings (SSSR count). The number of fused-ring (bicyclic) bond motifs is 1. The lowest BCUT2D eigenvalue weighted by molar-refractivity contribution is 0.597. The van der Waals surface area contributed by atoms with Crippen molar-refractivity contribution in [2.75, 3.05) is 0 Å². The van der Waals surface area contributed by atoms with E-state index in [1.165, 1.54) is 23.5 Å². The molecule has 1 aromatic heterocycles. The highest BCUT2D eigenvalue weighted by atomic mass is 32.2. The van der Waals surface area contributed by atoms with Gasteiger partial charge in [0.25, 0.3) is 0 Å². The SMILES string of the molecule is NS(=O)(=O)Cc1csc2ccc(F)cc12. The second kappa shape index (κ2) is 3.55. The summed E-state index contributed by atoms with van der Waals surface area (Å²) in [7, 11) is -3.57. The van der Waals surface area contributed by atoms with E-state index in [9.17, 15) is 12.8 Å². The van der Waals surface area contributed by atoms with Crippen LogP contribution in [0.5, 0.6) is 0 Å². The maximum atomic E-state index is 13.0. The van der Waals surface area contributed by atoms with Crippen LogP contribution in [0.2, 0.25) is 0 Å². The zero-order valence-corrected chi connectivity index (χ0v) is 9.24. The van der Waals surface area contributed by atoms with E-state index in [4.69, 9.17) is 5.14 Å². The maximum absolute atomic E-state index is 13.0. The molecule has 0 aliphatic rings. The second-order valence-electron chi connectivity index (χ2n) is 3.21. The van der Waals surface area contributed by atoms with Crippen LogP contribution in [0.4, 0.5) is 4.39 Å². The molecule has 0 amide bonds. The molecule has 3 nitrogen and oxygen atoms in total. The molecule has 0 radical (unpaired) electrons. The number of sulfonamides is 1. The van der Waals surface area contributed by atoms with Crippen LogP contribution in [0.25, 0.3) is 10.1 Å². The number of benzene rings is 1. The van der Waals surface area contributed by atoms with Crippen molar-refractivity contribution in [2.45, 2.75) is 5.75 Å². The van der Waals surface area contributed by atoms with Crippen LogP contribution in [0.15, 0.2) is 23.6 Å². The van der Waals surface area contributed by atoms with Gasteiger partial charge in [0.05, 0.1) is 5.75 Å². The normalized spacial score (nSPS) is 12.1. The van der Waals surface area contributed by atoms with E-state index in [1.54, 1.807) is 11.4 Å². The number of hydrogen-bond acceptors (Lipinski definition) is 3. The fourth-order valence-electron chi connectivity index (χ4n) is 1.38. The number of rotatable bonds is 2. The van der Waals surface area contributed by atoms with Crippen LogP contribution in [0.1, 0.15) is 5.56 Å². The van der Waals surface area contributed by atoms with Crippen LogP contribution < -0.4 is 5.14 Å². The second-order valence-corrected chi connectivity index (χ2v) is 5.73. The summed E-state index contributed by atoms with van der Waals surface area (Å²) >= 11 is 1.38. The molecule has 0 unspecified atom stereocenters. The minimum atomic E-state index is -3.57. The van der Waals surface area contributed by atoms with E-state index in [0.717, 1.165) is 4.70 Å². The molecule has 0 aliphatic carbocycles. The summed E-state index contributed by atoms with van der Waals surface area (Å²) < 4.78 is 35.6. The van der Waals surface area contributed by atoms with Gasteiger partial charge < -0.3 is 0 Å². The van der Waals surface area contributed by atoms with Crippen molar-refractivity contribution >= 4 is 31.4 Å². The standard InChI is InChI=1S/C9H8FNO2S2/c10-7-1-2-9-8(3-7)6(4-14-9)5-15(11,12)13/h1-4H,5H2,(H2,11,12,13). The predicted molar refractivity (Wildman–Crippen MR) is 58.6 cm³/mol. The van der Waals surface area contributed by atoms with Gasteiger partial charge in [0, 0.05) is 4.70 Å². The van der Waals surface area contributed by atoms with Crippen molar-refractivity contribution < 1.29 is 12.8 Å². The Hall–Kier alpha value is -0.980. The number of halogens is 1. The maximum Gasteiger partial charge on any atom is 0.213 e. The number of primary sulfonamides is 1. The van der Waals surface area contributed by atoms with Crippen molar-refractivity contribution in [3.8, 4) is 0 Å². The zero-order chi connectivity index (χ0) is 11.1. The van der Waals surface area contributed by atoms with Crippen molar-refractivity contribution in [1.29, 1.82) is 0 Å². The molecular formula is C9H8FNO2S2. The van der Waals surface area contributed by atoms with Crippen molar-refractivity contribution in [3.63, 3.8) is 0 Å². The molecule has 1 heterocycles. The molecule has 2 N–H and O–H groups in total. The Morgan fingerprint density at radius 2 is 2.13 bits per heavy atom. The van der Waals surface area contributed by atoms with E-state index in [1.807, 2.05) is 0 Å². The highest BCUT2D eigenvalue weighted by Crippen LogP contribution is 2.27. The van der Waals surface area contributed by atoms with E-state index in [-0.39, 0.29) is 11.6 Å². The van der Waals surface area contributed by atoms with Crippen LogP contribution in [0.3, 0.4) is 0 Å². The predicted octanol–water partition coefficient (Wildman–Crippen LogP) is 1.83. The van der Waals surface area contributed by atoms with Crippen LogP contribution in [0, 0.1) is 5.82 Å². The molecule has 6 heteroatoms. The summed E-state index contributed by atoms with van der Waals surface area (Å²) in [5.41, 5.74) is 0.553. The first-order chi connectivity index (χ1) is 6.96. The Bertz CT molecular complexity index is 604. The Morgan fingerprint density at radius 3 is 2.80 bits per heavy atom. The van der Waals surface area contributed by atoms with Gasteiger partial charge in [0.2, 0.25) is 10.0 Å². The Balaban J connectivity index is 2.57. The molecular weight excluding hydrogens is 237 g/mol. The van der Waals surface area contributed by atoms with E-state index < -0.39 is 10.0 Å². The van der Waals surface area contributed by atoms with E-state index in [0.29, 0.717) is 10.9 Å². The van der Waals surface area contributed by atoms with Crippen LogP contribution in [-0.2, 0) is 15.8 Å². The van der Waals surface area contributed by atoms with Gasteiger partial charge in [-0.25, -0.2) is 17.9 Å². The van der Waals surface area contributed by atoms with Gasteiger partial charge in [0.15, 0.2) is 0 Å². The molecule has 0 fully saturated rings. The topological polar surface area (TPSA) is 60.2 Å². The van der Waals surface area contributed by atoms with Crippen molar-refractivity contribution in [1.82, 2.24) is 0 Å². The average Bonchev–Trinajstić information content (AvgIpc) is 2.46. The quantitative estimate of drug-likeness (QED) is 0.877. The van der Waals surface area contributed by atoms with E-state index >= 15 is 0 Å². The molecule has 15 heavy (non-hydrogen) atoms. The average molecular weight is 245 g/mol. The first-order valence-corrected chi connectivity index (χ1v) is 6.71. The summed E-state index contributed by atoms with van der Waals surface area (Å²) in [5, 5.41) is 7.25. The van der Waals surface area contributed by atoms with Gasteiger partial charge >= 0.3 is 0 Å². The molecule has 0 saturated heterocycles. The highest BCUT2D eigenvalue weighted by molar-refractivity contribution is 7.88. The zero-order valence-electron chi connectivity index (χ0n) is 7.60. The highest BCUT2D eigenvalue weighted by Gasteiger charge is 2.10. The third kappa shape index (κ3) is 2.34. The van der Waals surface area contributed by atoms with E-state index in [2.05, 4.69) is 0 Å². The van der Waals surface area contributed by atoms with Crippen LogP contribution in [-0.4, -0.2) is 8.42 Å². The largest absolute Gasteiger partial charge is 0.228 e. The monoisotopic (exact) mass is 245 g/mol. The molecule has 0 spiro atoms. The minimum absolute atomic E-state index is 0.254. The molecule has 2 aromatic rings. The van der Waals surface area contributed by atoms with Gasteiger partial charge in [-0.2, -0.15) is 0 Å². The molecule has 1 aromatic carbocycles. The Labute approximate surface area is 90.4 Å². The number of hydrogen-bond donors (Lipinski definition) is 1. The third-order valence-corrected chi connectivity index (χ3v) is 3.70. The lowest BCUT2D eigenvalue weighted by Gasteiger charge is -1.97. The van der Waals surface area contributed by atoms with Crippen molar-refractivity contribution in [2.24, 2.45) is 5.14 Å². The summed E-state index contributed by atoms with van der Waals surface area (Å²) in [6.45, 7) is 0. The third-order valence-electron chi connectivity index (χ3n) is 1.97. The lowest BCUT2D eigenvalue weighted by atomic mass is 10.2. The fraction of sp³-hybridized carbons (Fsp3) is 0.111. The van der Waals surface area contributed by atoms with Gasteiger partial charge in [0.1, 0.15) is 5.82 Å². The van der Waals surface area contributed by atoms with Crippen LogP contribution >= 0.6 is 11.3 Å². The van der Waals surface area contributed by atoms with Gasteiger partial charge in [-0.05, 0) is 34.5 Å². The summed E-state index contributed by atoms with van der Waals surface area (Å²) in [4.78, 5) is 0. The summed E-state index contributed by atoms with van der Waals surface area (Å²) in [6, 6.07) is 4.30. The fourth-order valence-corrected chi connectivity index (χ4v) is 3.10. The number of nitrogens with two attached hydrogens (primary N) is 1. The molecule has 0 saturated carbocycles. The molecule has 0 atom stereocenters. The molecule has 0 bridgehead atoms. The van der Waals surface area contributed by atoms with Gasteiger partial charge in [-0.15, -0.1) is 11.3 Å². The lowest BCUT2D eigenvalue weighted by Crippen LogP contribution is -2.14. The summed E-state index contributed by atoms with van der Waals surface area (Å²) in [6.07, 6.45) is 0. The minimum Gasteiger partial charge on any atom is -0.228 e.